The predicted molar refractivity (Wildman–Crippen MR) is 169 cm³/mol. The Morgan fingerprint density at radius 2 is 1.27 bits per heavy atom. The van der Waals surface area contributed by atoms with Crippen molar-refractivity contribution in [2.75, 3.05) is 13.7 Å². The summed E-state index contributed by atoms with van der Waals surface area (Å²) in [6.07, 6.45) is 3.17. The van der Waals surface area contributed by atoms with E-state index in [4.69, 9.17) is 13.9 Å². The van der Waals surface area contributed by atoms with Crippen molar-refractivity contribution in [1.82, 2.24) is 0 Å². The Balaban J connectivity index is 1.34. The van der Waals surface area contributed by atoms with Gasteiger partial charge in [-0.05, 0) is 50.7 Å². The summed E-state index contributed by atoms with van der Waals surface area (Å²) >= 11 is 0. The number of aliphatic hydroxyl groups excluding tert-OH is 1. The maximum Gasteiger partial charge on any atom is 0.261 e. The second-order valence-electron chi connectivity index (χ2n) is 11.7. The SMILES string of the molecule is COc1ccc(Cc2ccc([C@@H]3C=C[C@@H](O)[C@@H](CO[Si](c4ccccc4)(c4ccccc4)C(C)(C)C)O3)cc2)cc1. The van der Waals surface area contributed by atoms with E-state index in [1.807, 2.05) is 36.4 Å². The normalized spacial score (nSPS) is 19.2. The highest BCUT2D eigenvalue weighted by Crippen LogP contribution is 2.37. The van der Waals surface area contributed by atoms with Crippen LogP contribution in [0.3, 0.4) is 0 Å². The maximum atomic E-state index is 10.9. The van der Waals surface area contributed by atoms with Crippen LogP contribution in [0.15, 0.2) is 121 Å². The molecule has 5 rings (SSSR count). The van der Waals surface area contributed by atoms with E-state index >= 15 is 0 Å². The fourth-order valence-electron chi connectivity index (χ4n) is 5.75. The number of hydrogen-bond acceptors (Lipinski definition) is 4. The minimum Gasteiger partial charge on any atom is -0.497 e. The van der Waals surface area contributed by atoms with Crippen LogP contribution in [0.5, 0.6) is 5.75 Å². The zero-order chi connectivity index (χ0) is 28.9. The van der Waals surface area contributed by atoms with Crippen LogP contribution in [-0.2, 0) is 15.6 Å². The molecule has 4 nitrogen and oxygen atoms in total. The average molecular weight is 565 g/mol. The minimum absolute atomic E-state index is 0.149. The first-order valence-electron chi connectivity index (χ1n) is 14.3. The second-order valence-corrected chi connectivity index (χ2v) is 16.0. The molecular formula is C36H40O4Si. The molecule has 0 saturated carbocycles. The largest absolute Gasteiger partial charge is 0.497 e. The fraction of sp³-hybridized carbons (Fsp3) is 0.278. The van der Waals surface area contributed by atoms with Crippen LogP contribution in [0.1, 0.15) is 43.6 Å². The smallest absolute Gasteiger partial charge is 0.261 e. The molecular weight excluding hydrogens is 524 g/mol. The van der Waals surface area contributed by atoms with Crippen LogP contribution >= 0.6 is 0 Å². The Bertz CT molecular complexity index is 1370. The van der Waals surface area contributed by atoms with Crippen LogP contribution < -0.4 is 15.1 Å². The van der Waals surface area contributed by atoms with Gasteiger partial charge < -0.3 is 19.0 Å². The predicted octanol–water partition coefficient (Wildman–Crippen LogP) is 6.22. The summed E-state index contributed by atoms with van der Waals surface area (Å²) in [5.41, 5.74) is 3.52. The molecule has 0 saturated heterocycles. The summed E-state index contributed by atoms with van der Waals surface area (Å²) < 4.78 is 18.8. The van der Waals surface area contributed by atoms with E-state index in [9.17, 15) is 5.11 Å². The van der Waals surface area contributed by atoms with Crippen LogP contribution in [0.25, 0.3) is 0 Å². The number of rotatable bonds is 9. The molecule has 1 aliphatic rings. The molecule has 0 amide bonds. The summed E-state index contributed by atoms with van der Waals surface area (Å²) in [6, 6.07) is 37.8. The molecule has 0 aliphatic carbocycles. The van der Waals surface area contributed by atoms with Crippen molar-refractivity contribution in [3.8, 4) is 5.75 Å². The molecule has 0 bridgehead atoms. The first kappa shape index (κ1) is 29.0. The van der Waals surface area contributed by atoms with E-state index in [1.165, 1.54) is 21.5 Å². The van der Waals surface area contributed by atoms with E-state index < -0.39 is 20.5 Å². The quantitative estimate of drug-likeness (QED) is 0.194. The third kappa shape index (κ3) is 6.39. The van der Waals surface area contributed by atoms with Crippen molar-refractivity contribution in [3.05, 3.63) is 138 Å². The number of aliphatic hydroxyl groups is 1. The molecule has 0 spiro atoms. The Morgan fingerprint density at radius 3 is 1.78 bits per heavy atom. The van der Waals surface area contributed by atoms with Crippen molar-refractivity contribution < 1.29 is 19.0 Å². The highest BCUT2D eigenvalue weighted by Gasteiger charge is 2.50. The van der Waals surface area contributed by atoms with Crippen molar-refractivity contribution in [2.24, 2.45) is 0 Å². The zero-order valence-corrected chi connectivity index (χ0v) is 25.4. The van der Waals surface area contributed by atoms with Crippen LogP contribution in [0.4, 0.5) is 0 Å². The van der Waals surface area contributed by atoms with Gasteiger partial charge in [0.25, 0.3) is 8.32 Å². The molecule has 0 aromatic heterocycles. The van der Waals surface area contributed by atoms with Gasteiger partial charge in [0, 0.05) is 0 Å². The van der Waals surface area contributed by atoms with Crippen LogP contribution in [-0.4, -0.2) is 39.3 Å². The topological polar surface area (TPSA) is 47.9 Å². The lowest BCUT2D eigenvalue weighted by Gasteiger charge is -2.44. The monoisotopic (exact) mass is 564 g/mol. The van der Waals surface area contributed by atoms with Crippen LogP contribution in [0, 0.1) is 0 Å². The lowest BCUT2D eigenvalue weighted by Crippen LogP contribution is -2.67. The number of hydrogen-bond donors (Lipinski definition) is 1. The van der Waals surface area contributed by atoms with E-state index in [2.05, 4.69) is 106 Å². The summed E-state index contributed by atoms with van der Waals surface area (Å²) in [7, 11) is -1.06. The van der Waals surface area contributed by atoms with E-state index in [0.717, 1.165) is 17.7 Å². The van der Waals surface area contributed by atoms with Gasteiger partial charge in [0.05, 0.1) is 13.7 Å². The van der Waals surface area contributed by atoms with E-state index in [0.29, 0.717) is 6.61 Å². The molecule has 41 heavy (non-hydrogen) atoms. The fourth-order valence-corrected chi connectivity index (χ4v) is 10.3. The molecule has 1 N–H and O–H groups in total. The molecule has 1 heterocycles. The number of benzene rings is 4. The van der Waals surface area contributed by atoms with Gasteiger partial charge in [-0.2, -0.15) is 0 Å². The van der Waals surface area contributed by atoms with Crippen molar-refractivity contribution in [2.45, 2.75) is 50.5 Å². The van der Waals surface area contributed by atoms with E-state index in [1.54, 1.807) is 7.11 Å². The third-order valence-corrected chi connectivity index (χ3v) is 12.9. The van der Waals surface area contributed by atoms with Gasteiger partial charge in [-0.15, -0.1) is 0 Å². The lowest BCUT2D eigenvalue weighted by molar-refractivity contribution is -0.0775. The minimum atomic E-state index is -2.74. The molecule has 4 aromatic carbocycles. The van der Waals surface area contributed by atoms with Gasteiger partial charge >= 0.3 is 0 Å². The van der Waals surface area contributed by atoms with Gasteiger partial charge in [0.2, 0.25) is 0 Å². The molecule has 1 aliphatic heterocycles. The standard InChI is InChI=1S/C36H40O4Si/c1-36(2,3)41(31-11-7-5-8-12-31,32-13-9-6-10-14-32)39-26-35-33(37)23-24-34(40-35)29-19-15-27(16-20-29)25-28-17-21-30(38-4)22-18-28/h5-24,33-35,37H,25-26H2,1-4H3/t33-,34+,35-/m1/s1. The van der Waals surface area contributed by atoms with Crippen molar-refractivity contribution >= 4 is 18.7 Å². The van der Waals surface area contributed by atoms with Gasteiger partial charge in [-0.25, -0.2) is 0 Å². The molecule has 212 valence electrons. The molecule has 4 aromatic rings. The molecule has 0 radical (unpaired) electrons. The third-order valence-electron chi connectivity index (χ3n) is 7.94. The molecule has 0 fully saturated rings. The van der Waals surface area contributed by atoms with Gasteiger partial charge in [0.15, 0.2) is 0 Å². The number of methoxy groups -OCH3 is 1. The lowest BCUT2D eigenvalue weighted by atomic mass is 9.99. The molecule has 0 unspecified atom stereocenters. The van der Waals surface area contributed by atoms with Crippen molar-refractivity contribution in [1.29, 1.82) is 0 Å². The first-order valence-corrected chi connectivity index (χ1v) is 16.2. The highest BCUT2D eigenvalue weighted by atomic mass is 28.4. The maximum absolute atomic E-state index is 10.9. The summed E-state index contributed by atoms with van der Waals surface area (Å²) in [4.78, 5) is 0. The van der Waals surface area contributed by atoms with Crippen LogP contribution in [0.2, 0.25) is 5.04 Å². The summed E-state index contributed by atoms with van der Waals surface area (Å²) in [5, 5.41) is 13.2. The Morgan fingerprint density at radius 1 is 0.732 bits per heavy atom. The average Bonchev–Trinajstić information content (AvgIpc) is 2.99. The van der Waals surface area contributed by atoms with Gasteiger partial charge in [0.1, 0.15) is 24.1 Å². The summed E-state index contributed by atoms with van der Waals surface area (Å²) in [5.74, 6) is 0.862. The Kier molecular flexibility index (Phi) is 8.90. The Hall–Kier alpha value is -3.48. The van der Waals surface area contributed by atoms with Gasteiger partial charge in [-0.3, -0.25) is 0 Å². The molecule has 5 heteroatoms. The summed E-state index contributed by atoms with van der Waals surface area (Å²) in [6.45, 7) is 7.07. The van der Waals surface area contributed by atoms with Crippen molar-refractivity contribution in [3.63, 3.8) is 0 Å². The second kappa shape index (κ2) is 12.6. The molecule has 3 atom stereocenters. The first-order chi connectivity index (χ1) is 19.8. The van der Waals surface area contributed by atoms with E-state index in [-0.39, 0.29) is 11.1 Å². The van der Waals surface area contributed by atoms with Gasteiger partial charge in [-0.1, -0.05) is 130 Å². The highest BCUT2D eigenvalue weighted by molar-refractivity contribution is 6.99. The Labute approximate surface area is 245 Å². The zero-order valence-electron chi connectivity index (χ0n) is 24.4. The number of ether oxygens (including phenoxy) is 2.